The standard InChI is InChI=1S/C15H21ClFNO/c1-18-15(6-2-4-12-5-3-9-19-12)11-7-8-14(17)13(16)10-11/h7-8,10,12,15,18H,2-6,9H2,1H3. The molecule has 2 rings (SSSR count). The van der Waals surface area contributed by atoms with Crippen LogP contribution >= 0.6 is 11.6 Å². The van der Waals surface area contributed by atoms with Crippen molar-refractivity contribution in [2.75, 3.05) is 13.7 Å². The van der Waals surface area contributed by atoms with Crippen molar-refractivity contribution >= 4 is 11.6 Å². The zero-order valence-electron chi connectivity index (χ0n) is 11.3. The fourth-order valence-electron chi connectivity index (χ4n) is 2.63. The quantitative estimate of drug-likeness (QED) is 0.850. The molecule has 2 nitrogen and oxygen atoms in total. The molecule has 1 N–H and O–H groups in total. The van der Waals surface area contributed by atoms with E-state index < -0.39 is 0 Å². The minimum atomic E-state index is -0.361. The zero-order valence-corrected chi connectivity index (χ0v) is 12.0. The lowest BCUT2D eigenvalue weighted by molar-refractivity contribution is 0.101. The smallest absolute Gasteiger partial charge is 0.141 e. The summed E-state index contributed by atoms with van der Waals surface area (Å²) in [5, 5.41) is 3.46. The fourth-order valence-corrected chi connectivity index (χ4v) is 2.82. The molecule has 0 aromatic heterocycles. The van der Waals surface area contributed by atoms with Crippen molar-refractivity contribution < 1.29 is 9.13 Å². The maximum atomic E-state index is 13.2. The summed E-state index contributed by atoms with van der Waals surface area (Å²) in [4.78, 5) is 0. The second-order valence-electron chi connectivity index (χ2n) is 5.08. The van der Waals surface area contributed by atoms with Crippen molar-refractivity contribution in [3.63, 3.8) is 0 Å². The van der Waals surface area contributed by atoms with Gasteiger partial charge >= 0.3 is 0 Å². The molecule has 0 spiro atoms. The summed E-state index contributed by atoms with van der Waals surface area (Å²) in [7, 11) is 1.92. The van der Waals surface area contributed by atoms with Gasteiger partial charge in [0, 0.05) is 12.6 Å². The molecule has 1 fully saturated rings. The molecule has 0 bridgehead atoms. The fraction of sp³-hybridized carbons (Fsp3) is 0.600. The topological polar surface area (TPSA) is 21.3 Å². The Labute approximate surface area is 119 Å². The third kappa shape index (κ3) is 4.16. The summed E-state index contributed by atoms with van der Waals surface area (Å²) in [6.07, 6.45) is 6.03. The van der Waals surface area contributed by atoms with Gasteiger partial charge in [-0.3, -0.25) is 0 Å². The van der Waals surface area contributed by atoms with Crippen LogP contribution in [0.4, 0.5) is 4.39 Å². The van der Waals surface area contributed by atoms with Crippen LogP contribution in [0.2, 0.25) is 5.02 Å². The highest BCUT2D eigenvalue weighted by atomic mass is 35.5. The summed E-state index contributed by atoms with van der Waals surface area (Å²) < 4.78 is 18.8. The predicted octanol–water partition coefficient (Wildman–Crippen LogP) is 4.09. The number of rotatable bonds is 6. The maximum absolute atomic E-state index is 13.2. The van der Waals surface area contributed by atoms with Crippen molar-refractivity contribution in [1.29, 1.82) is 0 Å². The lowest BCUT2D eigenvalue weighted by Crippen LogP contribution is -2.17. The summed E-state index contributed by atoms with van der Waals surface area (Å²) in [5.41, 5.74) is 1.04. The van der Waals surface area contributed by atoms with Crippen LogP contribution in [-0.2, 0) is 4.74 Å². The van der Waals surface area contributed by atoms with Crippen LogP contribution in [0.1, 0.15) is 43.7 Å². The number of hydrogen-bond donors (Lipinski definition) is 1. The molecule has 1 aromatic rings. The summed E-state index contributed by atoms with van der Waals surface area (Å²) in [6, 6.07) is 5.17. The van der Waals surface area contributed by atoms with Gasteiger partial charge in [0.15, 0.2) is 0 Å². The second-order valence-corrected chi connectivity index (χ2v) is 5.49. The molecule has 0 aliphatic carbocycles. The Morgan fingerprint density at radius 3 is 3.00 bits per heavy atom. The molecule has 0 radical (unpaired) electrons. The molecule has 0 saturated carbocycles. The van der Waals surface area contributed by atoms with E-state index in [1.807, 2.05) is 7.05 Å². The minimum Gasteiger partial charge on any atom is -0.378 e. The van der Waals surface area contributed by atoms with Crippen molar-refractivity contribution in [3.8, 4) is 0 Å². The molecule has 1 saturated heterocycles. The van der Waals surface area contributed by atoms with E-state index >= 15 is 0 Å². The Morgan fingerprint density at radius 2 is 2.37 bits per heavy atom. The molecule has 1 aliphatic heterocycles. The number of halogens is 2. The highest BCUT2D eigenvalue weighted by molar-refractivity contribution is 6.30. The van der Waals surface area contributed by atoms with Gasteiger partial charge in [-0.05, 0) is 56.8 Å². The van der Waals surface area contributed by atoms with E-state index in [2.05, 4.69) is 5.32 Å². The molecule has 4 heteroatoms. The van der Waals surface area contributed by atoms with Gasteiger partial charge in [0.05, 0.1) is 11.1 Å². The molecular weight excluding hydrogens is 265 g/mol. The van der Waals surface area contributed by atoms with E-state index in [0.29, 0.717) is 6.10 Å². The molecule has 1 aromatic carbocycles. The van der Waals surface area contributed by atoms with E-state index in [4.69, 9.17) is 16.3 Å². The molecule has 0 amide bonds. The molecule has 2 unspecified atom stereocenters. The molecule has 2 atom stereocenters. The molecular formula is C15H21ClFNO. The number of ether oxygens (including phenoxy) is 1. The van der Waals surface area contributed by atoms with E-state index in [1.54, 1.807) is 12.1 Å². The Morgan fingerprint density at radius 1 is 1.53 bits per heavy atom. The highest BCUT2D eigenvalue weighted by Crippen LogP contribution is 2.25. The average molecular weight is 286 g/mol. The van der Waals surface area contributed by atoms with E-state index in [9.17, 15) is 4.39 Å². The van der Waals surface area contributed by atoms with Crippen LogP contribution in [0, 0.1) is 5.82 Å². The lowest BCUT2D eigenvalue weighted by Gasteiger charge is -2.18. The average Bonchev–Trinajstić information content (AvgIpc) is 2.91. The van der Waals surface area contributed by atoms with Gasteiger partial charge in [-0.1, -0.05) is 17.7 Å². The van der Waals surface area contributed by atoms with E-state index in [0.717, 1.165) is 31.4 Å². The lowest BCUT2D eigenvalue weighted by atomic mass is 9.99. The first-order valence-electron chi connectivity index (χ1n) is 6.94. The van der Waals surface area contributed by atoms with Crippen molar-refractivity contribution in [2.24, 2.45) is 0 Å². The van der Waals surface area contributed by atoms with Gasteiger partial charge in [-0.2, -0.15) is 0 Å². The van der Waals surface area contributed by atoms with Crippen molar-refractivity contribution in [1.82, 2.24) is 5.32 Å². The van der Waals surface area contributed by atoms with E-state index in [-0.39, 0.29) is 16.9 Å². The number of nitrogens with one attached hydrogen (secondary N) is 1. The van der Waals surface area contributed by atoms with Gasteiger partial charge in [0.2, 0.25) is 0 Å². The Hall–Kier alpha value is -0.640. The Balaban J connectivity index is 1.86. The summed E-state index contributed by atoms with van der Waals surface area (Å²) >= 11 is 5.83. The van der Waals surface area contributed by atoms with Crippen LogP contribution in [0.3, 0.4) is 0 Å². The molecule has 19 heavy (non-hydrogen) atoms. The summed E-state index contributed by atoms with van der Waals surface area (Å²) in [6.45, 7) is 0.910. The maximum Gasteiger partial charge on any atom is 0.141 e. The minimum absolute atomic E-state index is 0.192. The highest BCUT2D eigenvalue weighted by Gasteiger charge is 2.16. The predicted molar refractivity (Wildman–Crippen MR) is 76.0 cm³/mol. The first-order valence-corrected chi connectivity index (χ1v) is 7.32. The number of benzene rings is 1. The van der Waals surface area contributed by atoms with Gasteiger partial charge in [-0.25, -0.2) is 4.39 Å². The van der Waals surface area contributed by atoms with Gasteiger partial charge in [0.1, 0.15) is 5.82 Å². The molecule has 106 valence electrons. The zero-order chi connectivity index (χ0) is 13.7. The van der Waals surface area contributed by atoms with E-state index in [1.165, 1.54) is 18.9 Å². The molecule has 1 aliphatic rings. The third-order valence-electron chi connectivity index (χ3n) is 3.74. The van der Waals surface area contributed by atoms with Gasteiger partial charge in [0.25, 0.3) is 0 Å². The monoisotopic (exact) mass is 285 g/mol. The Kier molecular flexibility index (Phi) is 5.61. The number of hydrogen-bond acceptors (Lipinski definition) is 2. The van der Waals surface area contributed by atoms with Crippen LogP contribution < -0.4 is 5.32 Å². The van der Waals surface area contributed by atoms with Crippen molar-refractivity contribution in [3.05, 3.63) is 34.6 Å². The van der Waals surface area contributed by atoms with Crippen LogP contribution in [0.25, 0.3) is 0 Å². The molecule has 1 heterocycles. The van der Waals surface area contributed by atoms with Gasteiger partial charge < -0.3 is 10.1 Å². The largest absolute Gasteiger partial charge is 0.378 e. The first kappa shape index (κ1) is 14.8. The van der Waals surface area contributed by atoms with Crippen LogP contribution in [0.5, 0.6) is 0 Å². The van der Waals surface area contributed by atoms with Crippen molar-refractivity contribution in [2.45, 2.75) is 44.2 Å². The normalized spacial score (nSPS) is 20.7. The van der Waals surface area contributed by atoms with Crippen LogP contribution in [-0.4, -0.2) is 19.8 Å². The second kappa shape index (κ2) is 7.22. The summed E-state index contributed by atoms with van der Waals surface area (Å²) in [5.74, 6) is -0.361. The van der Waals surface area contributed by atoms with Gasteiger partial charge in [-0.15, -0.1) is 0 Å². The van der Waals surface area contributed by atoms with Crippen LogP contribution in [0.15, 0.2) is 18.2 Å². The SMILES string of the molecule is CNC(CCCC1CCCO1)c1ccc(F)c(Cl)c1. The Bertz CT molecular complexity index is 407. The first-order chi connectivity index (χ1) is 9.20. The third-order valence-corrected chi connectivity index (χ3v) is 4.03.